The number of methoxy groups -OCH3 is 1. The van der Waals surface area contributed by atoms with Crippen LogP contribution in [0.2, 0.25) is 0 Å². The predicted octanol–water partition coefficient (Wildman–Crippen LogP) is 2.79. The van der Waals surface area contributed by atoms with E-state index >= 15 is 0 Å². The SMILES string of the molecule is COc1ccc(-c2ncc([C@@H](C)N)c(C)n2)cc1C. The highest BCUT2D eigenvalue weighted by Gasteiger charge is 2.09. The van der Waals surface area contributed by atoms with Crippen LogP contribution in [-0.2, 0) is 0 Å². The smallest absolute Gasteiger partial charge is 0.159 e. The molecule has 0 aliphatic carbocycles. The highest BCUT2D eigenvalue weighted by Crippen LogP contribution is 2.24. The summed E-state index contributed by atoms with van der Waals surface area (Å²) < 4.78 is 5.25. The lowest BCUT2D eigenvalue weighted by Gasteiger charge is -2.11. The number of rotatable bonds is 3. The van der Waals surface area contributed by atoms with Gasteiger partial charge in [0.15, 0.2) is 5.82 Å². The van der Waals surface area contributed by atoms with Crippen LogP contribution in [0.15, 0.2) is 24.4 Å². The highest BCUT2D eigenvalue weighted by molar-refractivity contribution is 5.58. The number of nitrogens with two attached hydrogens (primary N) is 1. The Morgan fingerprint density at radius 2 is 2.00 bits per heavy atom. The minimum Gasteiger partial charge on any atom is -0.496 e. The quantitative estimate of drug-likeness (QED) is 0.918. The zero-order valence-corrected chi connectivity index (χ0v) is 11.8. The number of benzene rings is 1. The van der Waals surface area contributed by atoms with Gasteiger partial charge in [0.2, 0.25) is 0 Å². The van der Waals surface area contributed by atoms with Crippen LogP contribution in [-0.4, -0.2) is 17.1 Å². The summed E-state index contributed by atoms with van der Waals surface area (Å²) in [7, 11) is 1.67. The first-order valence-corrected chi connectivity index (χ1v) is 6.27. The van der Waals surface area contributed by atoms with Gasteiger partial charge in [0.25, 0.3) is 0 Å². The first-order chi connectivity index (χ1) is 9.02. The minimum atomic E-state index is -0.0494. The zero-order valence-electron chi connectivity index (χ0n) is 11.8. The number of ether oxygens (including phenoxy) is 1. The summed E-state index contributed by atoms with van der Waals surface area (Å²) in [6, 6.07) is 5.88. The molecule has 0 spiro atoms. The van der Waals surface area contributed by atoms with Gasteiger partial charge in [0.05, 0.1) is 7.11 Å². The maximum atomic E-state index is 5.87. The monoisotopic (exact) mass is 257 g/mol. The molecule has 4 nitrogen and oxygen atoms in total. The predicted molar refractivity (Wildman–Crippen MR) is 76.1 cm³/mol. The lowest BCUT2D eigenvalue weighted by molar-refractivity contribution is 0.412. The Balaban J connectivity index is 2.42. The molecule has 0 radical (unpaired) electrons. The number of aryl methyl sites for hydroxylation is 2. The molecule has 1 heterocycles. The maximum absolute atomic E-state index is 5.87. The van der Waals surface area contributed by atoms with E-state index in [1.54, 1.807) is 7.11 Å². The van der Waals surface area contributed by atoms with Crippen molar-refractivity contribution in [2.24, 2.45) is 5.73 Å². The van der Waals surface area contributed by atoms with E-state index in [-0.39, 0.29) is 6.04 Å². The average Bonchev–Trinajstić information content (AvgIpc) is 2.38. The van der Waals surface area contributed by atoms with Crippen molar-refractivity contribution in [1.82, 2.24) is 9.97 Å². The van der Waals surface area contributed by atoms with Gasteiger partial charge in [-0.2, -0.15) is 0 Å². The van der Waals surface area contributed by atoms with E-state index in [1.807, 2.05) is 45.2 Å². The summed E-state index contributed by atoms with van der Waals surface area (Å²) in [5.41, 5.74) is 9.82. The Labute approximate surface area is 113 Å². The minimum absolute atomic E-state index is 0.0494. The van der Waals surface area contributed by atoms with Crippen molar-refractivity contribution >= 4 is 0 Å². The molecular formula is C15H19N3O. The third-order valence-corrected chi connectivity index (χ3v) is 3.16. The Hall–Kier alpha value is -1.94. The molecule has 0 saturated carbocycles. The number of hydrogen-bond acceptors (Lipinski definition) is 4. The summed E-state index contributed by atoms with van der Waals surface area (Å²) in [4.78, 5) is 8.93. The van der Waals surface area contributed by atoms with Crippen molar-refractivity contribution in [2.45, 2.75) is 26.8 Å². The molecule has 4 heteroatoms. The number of hydrogen-bond donors (Lipinski definition) is 1. The van der Waals surface area contributed by atoms with E-state index < -0.39 is 0 Å². The van der Waals surface area contributed by atoms with Gasteiger partial charge < -0.3 is 10.5 Å². The van der Waals surface area contributed by atoms with Crippen molar-refractivity contribution in [1.29, 1.82) is 0 Å². The number of nitrogens with zero attached hydrogens (tertiary/aromatic N) is 2. The van der Waals surface area contributed by atoms with Gasteiger partial charge >= 0.3 is 0 Å². The molecule has 19 heavy (non-hydrogen) atoms. The topological polar surface area (TPSA) is 61.0 Å². The average molecular weight is 257 g/mol. The first kappa shape index (κ1) is 13.5. The van der Waals surface area contributed by atoms with Crippen molar-refractivity contribution in [3.8, 4) is 17.1 Å². The van der Waals surface area contributed by atoms with Crippen molar-refractivity contribution < 1.29 is 4.74 Å². The molecule has 0 amide bonds. The fourth-order valence-corrected chi connectivity index (χ4v) is 2.08. The molecule has 0 aliphatic heterocycles. The zero-order chi connectivity index (χ0) is 14.0. The largest absolute Gasteiger partial charge is 0.496 e. The molecule has 2 rings (SSSR count). The standard InChI is InChI=1S/C15H19N3O/c1-9-7-12(5-6-14(9)19-4)15-17-8-13(10(2)16)11(3)18-15/h5-8,10H,16H2,1-4H3/t10-/m1/s1. The molecule has 2 aromatic rings. The molecule has 0 aliphatic rings. The Morgan fingerprint density at radius 1 is 1.26 bits per heavy atom. The Bertz CT molecular complexity index is 594. The summed E-state index contributed by atoms with van der Waals surface area (Å²) in [5, 5.41) is 0. The molecular weight excluding hydrogens is 238 g/mol. The van der Waals surface area contributed by atoms with Crippen LogP contribution < -0.4 is 10.5 Å². The van der Waals surface area contributed by atoms with Crippen LogP contribution in [0.3, 0.4) is 0 Å². The van der Waals surface area contributed by atoms with Crippen molar-refractivity contribution in [3.05, 3.63) is 41.2 Å². The second-order valence-electron chi connectivity index (χ2n) is 4.71. The van der Waals surface area contributed by atoms with E-state index in [4.69, 9.17) is 10.5 Å². The van der Waals surface area contributed by atoms with Crippen LogP contribution in [0.25, 0.3) is 11.4 Å². The van der Waals surface area contributed by atoms with E-state index in [1.165, 1.54) is 0 Å². The van der Waals surface area contributed by atoms with Crippen LogP contribution in [0, 0.1) is 13.8 Å². The summed E-state index contributed by atoms with van der Waals surface area (Å²) in [6.07, 6.45) is 1.81. The summed E-state index contributed by atoms with van der Waals surface area (Å²) in [5.74, 6) is 1.58. The Morgan fingerprint density at radius 3 is 2.53 bits per heavy atom. The molecule has 2 N–H and O–H groups in total. The van der Waals surface area contributed by atoms with Crippen LogP contribution in [0.5, 0.6) is 5.75 Å². The summed E-state index contributed by atoms with van der Waals surface area (Å²) in [6.45, 7) is 5.90. The maximum Gasteiger partial charge on any atom is 0.159 e. The van der Waals surface area contributed by atoms with Crippen LogP contribution in [0.1, 0.15) is 29.8 Å². The number of aromatic nitrogens is 2. The molecule has 1 aromatic carbocycles. The van der Waals surface area contributed by atoms with Gasteiger partial charge in [0, 0.05) is 29.1 Å². The molecule has 1 atom stereocenters. The Kier molecular flexibility index (Phi) is 3.81. The first-order valence-electron chi connectivity index (χ1n) is 6.27. The normalized spacial score (nSPS) is 12.3. The highest BCUT2D eigenvalue weighted by atomic mass is 16.5. The van der Waals surface area contributed by atoms with Gasteiger partial charge in [-0.25, -0.2) is 9.97 Å². The van der Waals surface area contributed by atoms with Crippen LogP contribution in [0.4, 0.5) is 0 Å². The molecule has 0 fully saturated rings. The van der Waals surface area contributed by atoms with Gasteiger partial charge in [-0.1, -0.05) is 0 Å². The molecule has 100 valence electrons. The molecule has 0 bridgehead atoms. The van der Waals surface area contributed by atoms with E-state index in [9.17, 15) is 0 Å². The third kappa shape index (κ3) is 2.74. The molecule has 1 aromatic heterocycles. The van der Waals surface area contributed by atoms with E-state index in [0.29, 0.717) is 5.82 Å². The van der Waals surface area contributed by atoms with E-state index in [0.717, 1.165) is 28.1 Å². The van der Waals surface area contributed by atoms with Gasteiger partial charge in [-0.05, 0) is 44.5 Å². The second-order valence-corrected chi connectivity index (χ2v) is 4.71. The fourth-order valence-electron chi connectivity index (χ4n) is 2.08. The van der Waals surface area contributed by atoms with Crippen molar-refractivity contribution in [3.63, 3.8) is 0 Å². The van der Waals surface area contributed by atoms with Crippen molar-refractivity contribution in [2.75, 3.05) is 7.11 Å². The van der Waals surface area contributed by atoms with Gasteiger partial charge in [0.1, 0.15) is 5.75 Å². The van der Waals surface area contributed by atoms with E-state index in [2.05, 4.69) is 9.97 Å². The second kappa shape index (κ2) is 5.36. The lowest BCUT2D eigenvalue weighted by atomic mass is 10.1. The van der Waals surface area contributed by atoms with Gasteiger partial charge in [-0.3, -0.25) is 0 Å². The lowest BCUT2D eigenvalue weighted by Crippen LogP contribution is -2.09. The molecule has 0 saturated heterocycles. The summed E-state index contributed by atoms with van der Waals surface area (Å²) >= 11 is 0. The molecule has 0 unspecified atom stereocenters. The van der Waals surface area contributed by atoms with Gasteiger partial charge in [-0.15, -0.1) is 0 Å². The third-order valence-electron chi connectivity index (χ3n) is 3.16. The van der Waals surface area contributed by atoms with Crippen LogP contribution >= 0.6 is 0 Å². The fraction of sp³-hybridized carbons (Fsp3) is 0.333.